The molecule has 0 radical (unpaired) electrons. The number of halogens is 1. The Morgan fingerprint density at radius 3 is 2.88 bits per heavy atom. The summed E-state index contributed by atoms with van der Waals surface area (Å²) in [6.07, 6.45) is 1.78. The van der Waals surface area contributed by atoms with Gasteiger partial charge in [0.1, 0.15) is 0 Å². The van der Waals surface area contributed by atoms with Crippen LogP contribution in [0.5, 0.6) is 0 Å². The summed E-state index contributed by atoms with van der Waals surface area (Å²) in [7, 11) is 0. The summed E-state index contributed by atoms with van der Waals surface area (Å²) in [4.78, 5) is 11.4. The van der Waals surface area contributed by atoms with Gasteiger partial charge in [0.15, 0.2) is 0 Å². The first-order chi connectivity index (χ1) is 7.70. The second-order valence-corrected chi connectivity index (χ2v) is 4.61. The molecule has 3 heteroatoms. The lowest BCUT2D eigenvalue weighted by atomic mass is 9.71. The number of rotatable bonds is 3. The van der Waals surface area contributed by atoms with Crippen LogP contribution in [-0.2, 0) is 9.53 Å². The van der Waals surface area contributed by atoms with Crippen molar-refractivity contribution in [3.63, 3.8) is 0 Å². The van der Waals surface area contributed by atoms with Crippen molar-refractivity contribution in [3.8, 4) is 0 Å². The molecule has 2 nitrogen and oxygen atoms in total. The van der Waals surface area contributed by atoms with Crippen molar-refractivity contribution in [2.75, 3.05) is 6.61 Å². The predicted octanol–water partition coefficient (Wildman–Crippen LogP) is 3.40. The van der Waals surface area contributed by atoms with E-state index >= 15 is 0 Å². The van der Waals surface area contributed by atoms with Crippen LogP contribution in [-0.4, -0.2) is 12.6 Å². The molecule has 1 aliphatic carbocycles. The van der Waals surface area contributed by atoms with E-state index in [0.29, 0.717) is 12.5 Å². The fraction of sp³-hybridized carbons (Fsp3) is 0.462. The molecule has 0 amide bonds. The van der Waals surface area contributed by atoms with Crippen molar-refractivity contribution in [3.05, 3.63) is 34.9 Å². The average molecular weight is 239 g/mol. The molecular weight excluding hydrogens is 224 g/mol. The smallest absolute Gasteiger partial charge is 0.308 e. The zero-order valence-corrected chi connectivity index (χ0v) is 10.0. The Morgan fingerprint density at radius 2 is 2.25 bits per heavy atom. The maximum Gasteiger partial charge on any atom is 0.308 e. The van der Waals surface area contributed by atoms with E-state index in [4.69, 9.17) is 16.3 Å². The van der Waals surface area contributed by atoms with E-state index in [1.165, 1.54) is 5.56 Å². The Hall–Kier alpha value is -1.02. The second kappa shape index (κ2) is 4.88. The maximum absolute atomic E-state index is 11.4. The molecule has 0 spiro atoms. The fourth-order valence-electron chi connectivity index (χ4n) is 2.10. The van der Waals surface area contributed by atoms with Gasteiger partial charge in [-0.15, -0.1) is 0 Å². The van der Waals surface area contributed by atoms with E-state index in [1.807, 2.05) is 25.1 Å². The molecule has 1 aromatic rings. The molecule has 16 heavy (non-hydrogen) atoms. The fourth-order valence-corrected chi connectivity index (χ4v) is 2.30. The summed E-state index contributed by atoms with van der Waals surface area (Å²) in [6, 6.07) is 7.87. The SMILES string of the molecule is CCOC(=O)C1CC(c2cccc(Cl)c2)C1. The minimum Gasteiger partial charge on any atom is -0.466 e. The predicted molar refractivity (Wildman–Crippen MR) is 63.6 cm³/mol. The lowest BCUT2D eigenvalue weighted by molar-refractivity contribution is -0.151. The van der Waals surface area contributed by atoms with Crippen molar-refractivity contribution in [2.24, 2.45) is 5.92 Å². The Bertz CT molecular complexity index is 383. The summed E-state index contributed by atoms with van der Waals surface area (Å²) in [5, 5.41) is 0.761. The highest BCUT2D eigenvalue weighted by Gasteiger charge is 2.36. The van der Waals surface area contributed by atoms with Crippen LogP contribution < -0.4 is 0 Å². The van der Waals surface area contributed by atoms with E-state index in [2.05, 4.69) is 6.07 Å². The molecule has 2 rings (SSSR count). The minimum absolute atomic E-state index is 0.0548. The first kappa shape index (κ1) is 11.5. The average Bonchev–Trinajstić information content (AvgIpc) is 2.15. The number of ether oxygens (including phenoxy) is 1. The highest BCUT2D eigenvalue weighted by molar-refractivity contribution is 6.30. The Morgan fingerprint density at radius 1 is 1.50 bits per heavy atom. The van der Waals surface area contributed by atoms with E-state index in [-0.39, 0.29) is 11.9 Å². The number of hydrogen-bond acceptors (Lipinski definition) is 2. The van der Waals surface area contributed by atoms with Gasteiger partial charge in [-0.25, -0.2) is 0 Å². The Labute approximate surface area is 101 Å². The molecule has 0 aliphatic heterocycles. The van der Waals surface area contributed by atoms with Crippen LogP contribution >= 0.6 is 11.6 Å². The number of carbonyl (C=O) groups is 1. The molecule has 0 N–H and O–H groups in total. The molecule has 1 fully saturated rings. The number of benzene rings is 1. The first-order valence-electron chi connectivity index (χ1n) is 5.62. The topological polar surface area (TPSA) is 26.3 Å². The van der Waals surface area contributed by atoms with Gasteiger partial charge in [0.2, 0.25) is 0 Å². The molecule has 1 aromatic carbocycles. The van der Waals surface area contributed by atoms with Gasteiger partial charge in [-0.3, -0.25) is 4.79 Å². The van der Waals surface area contributed by atoms with Gasteiger partial charge in [0.25, 0.3) is 0 Å². The van der Waals surface area contributed by atoms with Gasteiger partial charge >= 0.3 is 5.97 Å². The van der Waals surface area contributed by atoms with Crippen LogP contribution in [0, 0.1) is 5.92 Å². The van der Waals surface area contributed by atoms with Gasteiger partial charge in [-0.2, -0.15) is 0 Å². The first-order valence-corrected chi connectivity index (χ1v) is 6.00. The minimum atomic E-state index is -0.0548. The van der Waals surface area contributed by atoms with Gasteiger partial charge in [0.05, 0.1) is 12.5 Å². The standard InChI is InChI=1S/C13H15ClO2/c1-2-16-13(15)11-6-10(7-11)9-4-3-5-12(14)8-9/h3-5,8,10-11H,2,6-7H2,1H3. The van der Waals surface area contributed by atoms with Crippen molar-refractivity contribution < 1.29 is 9.53 Å². The molecule has 1 aliphatic rings. The molecule has 0 bridgehead atoms. The zero-order valence-electron chi connectivity index (χ0n) is 9.28. The highest BCUT2D eigenvalue weighted by Crippen LogP contribution is 2.42. The zero-order chi connectivity index (χ0) is 11.5. The van der Waals surface area contributed by atoms with Crippen molar-refractivity contribution in [1.82, 2.24) is 0 Å². The van der Waals surface area contributed by atoms with Gasteiger partial charge < -0.3 is 4.74 Å². The molecule has 0 atom stereocenters. The molecule has 1 saturated carbocycles. The molecule has 0 aromatic heterocycles. The van der Waals surface area contributed by atoms with Crippen molar-refractivity contribution in [2.45, 2.75) is 25.7 Å². The van der Waals surface area contributed by atoms with E-state index < -0.39 is 0 Å². The number of esters is 1. The van der Waals surface area contributed by atoms with Crippen LogP contribution in [0.25, 0.3) is 0 Å². The van der Waals surface area contributed by atoms with Crippen LogP contribution in [0.1, 0.15) is 31.2 Å². The quantitative estimate of drug-likeness (QED) is 0.755. The van der Waals surface area contributed by atoms with Crippen LogP contribution in [0.2, 0.25) is 5.02 Å². The summed E-state index contributed by atoms with van der Waals surface area (Å²) in [5.41, 5.74) is 1.23. The van der Waals surface area contributed by atoms with Gasteiger partial charge in [-0.05, 0) is 43.4 Å². The van der Waals surface area contributed by atoms with Crippen molar-refractivity contribution >= 4 is 17.6 Å². The number of hydrogen-bond donors (Lipinski definition) is 0. The van der Waals surface area contributed by atoms with E-state index in [1.54, 1.807) is 0 Å². The molecule has 0 unspecified atom stereocenters. The third kappa shape index (κ3) is 2.38. The summed E-state index contributed by atoms with van der Waals surface area (Å²) < 4.78 is 4.99. The highest BCUT2D eigenvalue weighted by atomic mass is 35.5. The van der Waals surface area contributed by atoms with E-state index in [0.717, 1.165) is 17.9 Å². The van der Waals surface area contributed by atoms with Crippen molar-refractivity contribution in [1.29, 1.82) is 0 Å². The molecule has 86 valence electrons. The molecule has 0 saturated heterocycles. The summed E-state index contributed by atoms with van der Waals surface area (Å²) in [6.45, 7) is 2.31. The largest absolute Gasteiger partial charge is 0.466 e. The monoisotopic (exact) mass is 238 g/mol. The Kier molecular flexibility index (Phi) is 3.49. The van der Waals surface area contributed by atoms with Gasteiger partial charge in [-0.1, -0.05) is 23.7 Å². The van der Waals surface area contributed by atoms with Crippen LogP contribution in [0.3, 0.4) is 0 Å². The Balaban J connectivity index is 1.91. The van der Waals surface area contributed by atoms with E-state index in [9.17, 15) is 4.79 Å². The third-order valence-electron chi connectivity index (χ3n) is 3.08. The normalized spacial score (nSPS) is 23.6. The summed E-state index contributed by atoms with van der Waals surface area (Å²) >= 11 is 5.93. The lowest BCUT2D eigenvalue weighted by Crippen LogP contribution is -2.30. The second-order valence-electron chi connectivity index (χ2n) is 4.17. The molecule has 0 heterocycles. The van der Waals surface area contributed by atoms with Crippen LogP contribution in [0.4, 0.5) is 0 Å². The maximum atomic E-state index is 11.4. The lowest BCUT2D eigenvalue weighted by Gasteiger charge is -2.33. The van der Waals surface area contributed by atoms with Crippen LogP contribution in [0.15, 0.2) is 24.3 Å². The van der Waals surface area contributed by atoms with Gasteiger partial charge in [0, 0.05) is 5.02 Å². The molecular formula is C13H15ClO2. The third-order valence-corrected chi connectivity index (χ3v) is 3.31. The number of carbonyl (C=O) groups excluding carboxylic acids is 1. The summed E-state index contributed by atoms with van der Waals surface area (Å²) in [5.74, 6) is 0.498.